The summed E-state index contributed by atoms with van der Waals surface area (Å²) in [6.45, 7) is 4.10. The molecule has 1 saturated heterocycles. The second-order valence-corrected chi connectivity index (χ2v) is 4.63. The highest BCUT2D eigenvalue weighted by molar-refractivity contribution is 5.34. The van der Waals surface area contributed by atoms with Gasteiger partial charge < -0.3 is 16.0 Å². The number of nitrogens with zero attached hydrogens (tertiary/aromatic N) is 7. The summed E-state index contributed by atoms with van der Waals surface area (Å²) in [5.74, 6) is 0.982. The molecule has 1 aliphatic heterocycles. The third-order valence-electron chi connectivity index (χ3n) is 3.17. The highest BCUT2D eigenvalue weighted by Crippen LogP contribution is 2.08. The van der Waals surface area contributed by atoms with E-state index in [1.165, 1.54) is 43.3 Å². The van der Waals surface area contributed by atoms with Crippen LogP contribution in [0.1, 0.15) is 12.8 Å². The van der Waals surface area contributed by atoms with Gasteiger partial charge in [-0.2, -0.15) is 24.7 Å². The van der Waals surface area contributed by atoms with Crippen molar-refractivity contribution in [3.05, 3.63) is 12.7 Å². The van der Waals surface area contributed by atoms with Gasteiger partial charge in [-0.1, -0.05) is 0 Å². The van der Waals surface area contributed by atoms with Crippen LogP contribution in [0.2, 0.25) is 0 Å². The van der Waals surface area contributed by atoms with Gasteiger partial charge in [0.2, 0.25) is 11.9 Å². The Labute approximate surface area is 116 Å². The first kappa shape index (κ1) is 12.7. The van der Waals surface area contributed by atoms with Crippen molar-refractivity contribution in [2.45, 2.75) is 12.8 Å². The minimum Gasteiger partial charge on any atom is -0.368 e. The molecule has 0 unspecified atom stereocenters. The SMILES string of the molecule is Nc1nc(NCCN2CCCC2)nc(-n2cncn2)n1. The Kier molecular flexibility index (Phi) is 3.68. The lowest BCUT2D eigenvalue weighted by atomic mass is 10.4. The number of likely N-dealkylation sites (tertiary alicyclic amines) is 1. The summed E-state index contributed by atoms with van der Waals surface area (Å²) in [7, 11) is 0. The van der Waals surface area contributed by atoms with Crippen molar-refractivity contribution in [2.24, 2.45) is 0 Å². The lowest BCUT2D eigenvalue weighted by Gasteiger charge is -2.14. The van der Waals surface area contributed by atoms with Gasteiger partial charge in [0.1, 0.15) is 12.7 Å². The first-order chi connectivity index (χ1) is 9.81. The molecule has 0 atom stereocenters. The van der Waals surface area contributed by atoms with E-state index in [1.807, 2.05) is 0 Å². The van der Waals surface area contributed by atoms with E-state index in [0.29, 0.717) is 11.9 Å². The summed E-state index contributed by atoms with van der Waals surface area (Å²) >= 11 is 0. The molecule has 0 saturated carbocycles. The first-order valence-electron chi connectivity index (χ1n) is 6.64. The topological polar surface area (TPSA) is 111 Å². The van der Waals surface area contributed by atoms with Crippen LogP contribution in [0.4, 0.5) is 11.9 Å². The van der Waals surface area contributed by atoms with E-state index in [2.05, 4.69) is 35.3 Å². The highest BCUT2D eigenvalue weighted by Gasteiger charge is 2.11. The first-order valence-corrected chi connectivity index (χ1v) is 6.64. The van der Waals surface area contributed by atoms with Crippen molar-refractivity contribution in [1.82, 2.24) is 34.6 Å². The van der Waals surface area contributed by atoms with Crippen LogP contribution >= 0.6 is 0 Å². The molecule has 2 aromatic rings. The van der Waals surface area contributed by atoms with Crippen LogP contribution in [0, 0.1) is 0 Å². The van der Waals surface area contributed by atoms with Crippen molar-refractivity contribution in [2.75, 3.05) is 37.2 Å². The van der Waals surface area contributed by atoms with Gasteiger partial charge in [0.05, 0.1) is 0 Å². The van der Waals surface area contributed by atoms with E-state index < -0.39 is 0 Å². The van der Waals surface area contributed by atoms with E-state index in [9.17, 15) is 0 Å². The van der Waals surface area contributed by atoms with Gasteiger partial charge in [-0.25, -0.2) is 4.98 Å². The van der Waals surface area contributed by atoms with Crippen LogP contribution in [0.15, 0.2) is 12.7 Å². The number of nitrogen functional groups attached to an aromatic ring is 1. The molecule has 0 aromatic carbocycles. The summed E-state index contributed by atoms with van der Waals surface area (Å²) in [4.78, 5) is 18.6. The Bertz CT molecular complexity index is 547. The molecule has 3 rings (SSSR count). The van der Waals surface area contributed by atoms with Crippen molar-refractivity contribution < 1.29 is 0 Å². The fraction of sp³-hybridized carbons (Fsp3) is 0.545. The van der Waals surface area contributed by atoms with Crippen molar-refractivity contribution in [3.8, 4) is 5.95 Å². The molecule has 3 heterocycles. The van der Waals surface area contributed by atoms with E-state index in [0.717, 1.165) is 13.1 Å². The zero-order valence-electron chi connectivity index (χ0n) is 11.1. The number of nitrogens with one attached hydrogen (secondary N) is 1. The molecular weight excluding hydrogens is 258 g/mol. The van der Waals surface area contributed by atoms with Gasteiger partial charge in [0.15, 0.2) is 0 Å². The van der Waals surface area contributed by atoms with Gasteiger partial charge >= 0.3 is 0 Å². The molecule has 0 radical (unpaired) electrons. The fourth-order valence-corrected chi connectivity index (χ4v) is 2.21. The van der Waals surface area contributed by atoms with Crippen molar-refractivity contribution in [1.29, 1.82) is 0 Å². The summed E-state index contributed by atoms with van der Waals surface area (Å²) in [6.07, 6.45) is 5.51. The average Bonchev–Trinajstić information content (AvgIpc) is 3.11. The quantitative estimate of drug-likeness (QED) is 0.754. The Morgan fingerprint density at radius 1 is 1.20 bits per heavy atom. The molecule has 3 N–H and O–H groups in total. The van der Waals surface area contributed by atoms with E-state index in [-0.39, 0.29) is 5.95 Å². The van der Waals surface area contributed by atoms with E-state index in [4.69, 9.17) is 5.73 Å². The molecule has 0 aliphatic carbocycles. The zero-order chi connectivity index (χ0) is 13.8. The summed E-state index contributed by atoms with van der Waals surface area (Å²) in [6, 6.07) is 0. The molecular formula is C11H17N9. The van der Waals surface area contributed by atoms with Gasteiger partial charge in [-0.05, 0) is 25.9 Å². The Morgan fingerprint density at radius 3 is 2.80 bits per heavy atom. The maximum absolute atomic E-state index is 5.69. The predicted octanol–water partition coefficient (Wildman–Crippen LogP) is -0.458. The molecule has 9 nitrogen and oxygen atoms in total. The second kappa shape index (κ2) is 5.78. The number of hydrogen-bond donors (Lipinski definition) is 2. The summed E-state index contributed by atoms with van der Waals surface area (Å²) < 4.78 is 1.45. The third kappa shape index (κ3) is 2.99. The zero-order valence-corrected chi connectivity index (χ0v) is 11.1. The largest absolute Gasteiger partial charge is 0.368 e. The number of rotatable bonds is 5. The van der Waals surface area contributed by atoms with Gasteiger partial charge in [0.25, 0.3) is 5.95 Å². The molecule has 2 aromatic heterocycles. The number of aromatic nitrogens is 6. The summed E-state index contributed by atoms with van der Waals surface area (Å²) in [5, 5.41) is 7.14. The molecule has 0 bridgehead atoms. The molecule has 20 heavy (non-hydrogen) atoms. The third-order valence-corrected chi connectivity index (χ3v) is 3.17. The summed E-state index contributed by atoms with van der Waals surface area (Å²) in [5.41, 5.74) is 5.69. The van der Waals surface area contributed by atoms with Crippen LogP contribution in [0.25, 0.3) is 5.95 Å². The lowest BCUT2D eigenvalue weighted by Crippen LogP contribution is -2.26. The lowest BCUT2D eigenvalue weighted by molar-refractivity contribution is 0.352. The number of hydrogen-bond acceptors (Lipinski definition) is 8. The molecule has 0 spiro atoms. The number of anilines is 2. The smallest absolute Gasteiger partial charge is 0.258 e. The molecule has 1 fully saturated rings. The van der Waals surface area contributed by atoms with Crippen molar-refractivity contribution >= 4 is 11.9 Å². The molecule has 106 valence electrons. The minimum absolute atomic E-state index is 0.161. The van der Waals surface area contributed by atoms with E-state index >= 15 is 0 Å². The Hall–Kier alpha value is -2.29. The maximum atomic E-state index is 5.69. The minimum atomic E-state index is 0.161. The van der Waals surface area contributed by atoms with Crippen LogP contribution in [-0.2, 0) is 0 Å². The predicted molar refractivity (Wildman–Crippen MR) is 73.3 cm³/mol. The van der Waals surface area contributed by atoms with Crippen LogP contribution in [0.3, 0.4) is 0 Å². The van der Waals surface area contributed by atoms with Gasteiger partial charge in [-0.3, -0.25) is 0 Å². The molecule has 0 amide bonds. The fourth-order valence-electron chi connectivity index (χ4n) is 2.21. The second-order valence-electron chi connectivity index (χ2n) is 4.63. The molecule has 9 heteroatoms. The van der Waals surface area contributed by atoms with Crippen molar-refractivity contribution in [3.63, 3.8) is 0 Å². The van der Waals surface area contributed by atoms with E-state index in [1.54, 1.807) is 0 Å². The standard InChI is InChI=1S/C11H17N9/c12-9-16-10(14-3-6-19-4-1-2-5-19)18-11(17-9)20-8-13-7-15-20/h7-8H,1-6H2,(H3,12,14,16,17,18). The maximum Gasteiger partial charge on any atom is 0.258 e. The average molecular weight is 275 g/mol. The van der Waals surface area contributed by atoms with Crippen LogP contribution < -0.4 is 11.1 Å². The molecule has 1 aliphatic rings. The van der Waals surface area contributed by atoms with Crippen LogP contribution in [-0.4, -0.2) is 60.8 Å². The van der Waals surface area contributed by atoms with Gasteiger partial charge in [0, 0.05) is 13.1 Å². The van der Waals surface area contributed by atoms with Gasteiger partial charge in [-0.15, -0.1) is 0 Å². The monoisotopic (exact) mass is 275 g/mol. The van der Waals surface area contributed by atoms with Crippen LogP contribution in [0.5, 0.6) is 0 Å². The normalized spacial score (nSPS) is 15.6. The Balaban J connectivity index is 1.63. The highest BCUT2D eigenvalue weighted by atomic mass is 15.4. The number of nitrogens with two attached hydrogens (primary N) is 1. The Morgan fingerprint density at radius 2 is 2.05 bits per heavy atom.